The Morgan fingerprint density at radius 3 is 2.64 bits per heavy atom. The van der Waals surface area contributed by atoms with Crippen LogP contribution in [0, 0.1) is 11.7 Å². The number of aryl methyl sites for hydroxylation is 1. The summed E-state index contributed by atoms with van der Waals surface area (Å²) in [5.74, 6) is 1.04. The van der Waals surface area contributed by atoms with E-state index < -0.39 is 0 Å². The Bertz CT molecular complexity index is 1300. The summed E-state index contributed by atoms with van der Waals surface area (Å²) < 4.78 is 8.90. The average Bonchev–Trinajstić information content (AvgIpc) is 3.19. The lowest BCUT2D eigenvalue weighted by molar-refractivity contribution is -0.118. The Morgan fingerprint density at radius 1 is 1.12 bits per heavy atom. The molecule has 33 heavy (non-hydrogen) atoms. The molecule has 0 spiro atoms. The lowest BCUT2D eigenvalue weighted by Crippen LogP contribution is -2.21. The minimum atomic E-state index is -0.232. The molecule has 4 rings (SSSR count). The van der Waals surface area contributed by atoms with Gasteiger partial charge in [-0.3, -0.25) is 4.79 Å². The van der Waals surface area contributed by atoms with Crippen LogP contribution < -0.4 is 15.5 Å². The molecule has 0 aliphatic carbocycles. The van der Waals surface area contributed by atoms with Gasteiger partial charge in [-0.15, -0.1) is 0 Å². The van der Waals surface area contributed by atoms with Crippen LogP contribution in [0.5, 0.6) is 5.75 Å². The van der Waals surface area contributed by atoms with Gasteiger partial charge in [-0.1, -0.05) is 64.0 Å². The molecule has 7 nitrogen and oxygen atoms in total. The molecule has 0 aliphatic rings. The standard InChI is InChI=1S/C24H22BrN5O2S/c1-16-7-10-20(11-8-16)27-22(31)15-32-21-12-9-19(25)13-18(21)14-26-30-23(28-29-24(30)33)17-5-3-2-4-6-17/h2-13,26H,14-15H2,1H3,(H,27,31)(H,29,33). The number of anilines is 1. The molecular weight excluding hydrogens is 502 g/mol. The molecule has 0 saturated carbocycles. The van der Waals surface area contributed by atoms with Gasteiger partial charge in [0.2, 0.25) is 4.77 Å². The van der Waals surface area contributed by atoms with Crippen LogP contribution in [0.3, 0.4) is 0 Å². The minimum Gasteiger partial charge on any atom is -0.483 e. The van der Waals surface area contributed by atoms with Crippen molar-refractivity contribution in [1.82, 2.24) is 14.9 Å². The number of ether oxygens (including phenoxy) is 1. The summed E-state index contributed by atoms with van der Waals surface area (Å²) in [4.78, 5) is 12.3. The van der Waals surface area contributed by atoms with Gasteiger partial charge in [0, 0.05) is 21.3 Å². The van der Waals surface area contributed by atoms with E-state index >= 15 is 0 Å². The zero-order valence-electron chi connectivity index (χ0n) is 17.8. The Balaban J connectivity index is 1.45. The zero-order valence-corrected chi connectivity index (χ0v) is 20.2. The lowest BCUT2D eigenvalue weighted by atomic mass is 10.2. The van der Waals surface area contributed by atoms with Gasteiger partial charge in [-0.2, -0.15) is 5.10 Å². The van der Waals surface area contributed by atoms with Crippen LogP contribution in [0.1, 0.15) is 11.1 Å². The summed E-state index contributed by atoms with van der Waals surface area (Å²) >= 11 is 8.89. The van der Waals surface area contributed by atoms with E-state index in [1.807, 2.05) is 79.7 Å². The van der Waals surface area contributed by atoms with Gasteiger partial charge in [-0.25, -0.2) is 9.77 Å². The van der Waals surface area contributed by atoms with Crippen LogP contribution in [-0.2, 0) is 11.3 Å². The van der Waals surface area contributed by atoms with Gasteiger partial charge in [0.05, 0.1) is 6.54 Å². The second-order valence-electron chi connectivity index (χ2n) is 7.34. The number of hydrogen-bond donors (Lipinski definition) is 3. The number of H-pyrrole nitrogens is 1. The van der Waals surface area contributed by atoms with Crippen molar-refractivity contribution in [1.29, 1.82) is 0 Å². The van der Waals surface area contributed by atoms with E-state index in [0.717, 1.165) is 26.9 Å². The SMILES string of the molecule is Cc1ccc(NC(=O)COc2ccc(Br)cc2CNn2c(-c3ccccc3)n[nH]c2=S)cc1. The van der Waals surface area contributed by atoms with E-state index in [-0.39, 0.29) is 12.5 Å². The third-order valence-electron chi connectivity index (χ3n) is 4.85. The summed E-state index contributed by atoms with van der Waals surface area (Å²) in [6.45, 7) is 2.29. The monoisotopic (exact) mass is 523 g/mol. The summed E-state index contributed by atoms with van der Waals surface area (Å²) in [6.07, 6.45) is 0. The van der Waals surface area contributed by atoms with Crippen molar-refractivity contribution in [3.05, 3.63) is 93.2 Å². The number of aromatic nitrogens is 3. The summed E-state index contributed by atoms with van der Waals surface area (Å²) in [5.41, 5.74) is 6.94. The lowest BCUT2D eigenvalue weighted by Gasteiger charge is -2.15. The number of hydrogen-bond acceptors (Lipinski definition) is 5. The Morgan fingerprint density at radius 2 is 1.88 bits per heavy atom. The number of carbonyl (C=O) groups excluding carboxylic acids is 1. The van der Waals surface area contributed by atoms with Crippen molar-refractivity contribution in [3.63, 3.8) is 0 Å². The van der Waals surface area contributed by atoms with Gasteiger partial charge in [0.1, 0.15) is 5.75 Å². The minimum absolute atomic E-state index is 0.108. The van der Waals surface area contributed by atoms with Gasteiger partial charge in [0.25, 0.3) is 5.91 Å². The van der Waals surface area contributed by atoms with Gasteiger partial charge in [-0.05, 0) is 49.5 Å². The first-order valence-electron chi connectivity index (χ1n) is 10.2. The molecule has 9 heteroatoms. The number of carbonyl (C=O) groups is 1. The maximum absolute atomic E-state index is 12.3. The highest BCUT2D eigenvalue weighted by Crippen LogP contribution is 2.24. The van der Waals surface area contributed by atoms with Crippen LogP contribution >= 0.6 is 28.1 Å². The van der Waals surface area contributed by atoms with Crippen LogP contribution in [0.25, 0.3) is 11.4 Å². The molecule has 0 saturated heterocycles. The van der Waals surface area contributed by atoms with Crippen molar-refractivity contribution in [3.8, 4) is 17.1 Å². The molecular formula is C24H22BrN5O2S. The van der Waals surface area contributed by atoms with E-state index in [1.54, 1.807) is 4.68 Å². The third kappa shape index (κ3) is 5.88. The smallest absolute Gasteiger partial charge is 0.262 e. The van der Waals surface area contributed by atoms with Gasteiger partial charge >= 0.3 is 0 Å². The number of aromatic amines is 1. The number of halogens is 1. The highest BCUT2D eigenvalue weighted by atomic mass is 79.9. The maximum Gasteiger partial charge on any atom is 0.262 e. The maximum atomic E-state index is 12.3. The first kappa shape index (κ1) is 22.8. The van der Waals surface area contributed by atoms with Crippen LogP contribution in [-0.4, -0.2) is 27.4 Å². The van der Waals surface area contributed by atoms with Crippen LogP contribution in [0.2, 0.25) is 0 Å². The number of amides is 1. The molecule has 0 unspecified atom stereocenters. The fourth-order valence-electron chi connectivity index (χ4n) is 3.19. The number of nitrogens with zero attached hydrogens (tertiary/aromatic N) is 2. The molecule has 1 heterocycles. The first-order valence-corrected chi connectivity index (χ1v) is 11.4. The summed E-state index contributed by atoms with van der Waals surface area (Å²) in [7, 11) is 0. The van der Waals surface area contributed by atoms with Crippen molar-refractivity contribution >= 4 is 39.7 Å². The predicted octanol–water partition coefficient (Wildman–Crippen LogP) is 5.44. The molecule has 1 aromatic heterocycles. The molecule has 168 valence electrons. The normalized spacial score (nSPS) is 10.6. The van der Waals surface area contributed by atoms with E-state index in [2.05, 4.69) is 36.9 Å². The number of rotatable bonds is 8. The van der Waals surface area contributed by atoms with Crippen LogP contribution in [0.4, 0.5) is 5.69 Å². The second-order valence-corrected chi connectivity index (χ2v) is 8.65. The van der Waals surface area contributed by atoms with Gasteiger partial charge < -0.3 is 15.5 Å². The summed E-state index contributed by atoms with van der Waals surface area (Å²) in [5, 5.41) is 10.00. The molecule has 0 atom stereocenters. The molecule has 1 amide bonds. The third-order valence-corrected chi connectivity index (χ3v) is 5.62. The Hall–Kier alpha value is -3.43. The van der Waals surface area contributed by atoms with E-state index in [9.17, 15) is 4.79 Å². The molecule has 0 aliphatic heterocycles. The Labute approximate surface area is 204 Å². The van der Waals surface area contributed by atoms with Crippen molar-refractivity contribution in [2.45, 2.75) is 13.5 Å². The van der Waals surface area contributed by atoms with Crippen LogP contribution in [0.15, 0.2) is 77.3 Å². The van der Waals surface area contributed by atoms with E-state index in [1.165, 1.54) is 0 Å². The van der Waals surface area contributed by atoms with Crippen molar-refractivity contribution in [2.75, 3.05) is 17.3 Å². The second kappa shape index (κ2) is 10.5. The highest BCUT2D eigenvalue weighted by molar-refractivity contribution is 9.10. The zero-order chi connectivity index (χ0) is 23.2. The highest BCUT2D eigenvalue weighted by Gasteiger charge is 2.12. The first-order chi connectivity index (χ1) is 16.0. The quantitative estimate of drug-likeness (QED) is 0.268. The van der Waals surface area contributed by atoms with E-state index in [0.29, 0.717) is 22.9 Å². The van der Waals surface area contributed by atoms with E-state index in [4.69, 9.17) is 17.0 Å². The molecule has 4 aromatic rings. The predicted molar refractivity (Wildman–Crippen MR) is 135 cm³/mol. The number of nitrogens with one attached hydrogen (secondary N) is 3. The molecule has 0 fully saturated rings. The average molecular weight is 524 g/mol. The largest absolute Gasteiger partial charge is 0.483 e. The fraction of sp³-hybridized carbons (Fsp3) is 0.125. The summed E-state index contributed by atoms with van der Waals surface area (Å²) in [6, 6.07) is 23.0. The molecule has 0 radical (unpaired) electrons. The van der Waals surface area contributed by atoms with Crippen molar-refractivity contribution in [2.24, 2.45) is 0 Å². The topological polar surface area (TPSA) is 84.0 Å². The molecule has 3 aromatic carbocycles. The Kier molecular flexibility index (Phi) is 7.21. The molecule has 0 bridgehead atoms. The molecule has 3 N–H and O–H groups in total. The van der Waals surface area contributed by atoms with Gasteiger partial charge in [0.15, 0.2) is 12.4 Å². The number of benzene rings is 3. The van der Waals surface area contributed by atoms with Crippen molar-refractivity contribution < 1.29 is 9.53 Å². The fourth-order valence-corrected chi connectivity index (χ4v) is 3.80.